The fraction of sp³-hybridized carbons (Fsp3) is 0.900. The van der Waals surface area contributed by atoms with Crippen molar-refractivity contribution in [3.8, 4) is 0 Å². The van der Waals surface area contributed by atoms with E-state index in [2.05, 4.69) is 26.1 Å². The van der Waals surface area contributed by atoms with E-state index in [4.69, 9.17) is 9.47 Å². The van der Waals surface area contributed by atoms with E-state index < -0.39 is 6.09 Å². The van der Waals surface area contributed by atoms with Gasteiger partial charge in [-0.3, -0.25) is 4.79 Å². The van der Waals surface area contributed by atoms with Crippen LogP contribution in [0.1, 0.15) is 91.9 Å². The number of esters is 1. The molecule has 0 bridgehead atoms. The lowest BCUT2D eigenvalue weighted by Gasteiger charge is -2.17. The van der Waals surface area contributed by atoms with Gasteiger partial charge in [0.2, 0.25) is 0 Å². The Labute approximate surface area is 154 Å². The molecule has 0 aromatic carbocycles. The van der Waals surface area contributed by atoms with Crippen molar-refractivity contribution in [2.75, 3.05) is 13.2 Å². The SMILES string of the molecule is CCCCCCCOC(=O)CC(C)NC(=O)OCC(CC)CCCC. The highest BCUT2D eigenvalue weighted by Crippen LogP contribution is 2.13. The maximum Gasteiger partial charge on any atom is 0.407 e. The van der Waals surface area contributed by atoms with Gasteiger partial charge in [-0.2, -0.15) is 0 Å². The third-order valence-corrected chi connectivity index (χ3v) is 4.34. The van der Waals surface area contributed by atoms with Gasteiger partial charge in [0.15, 0.2) is 0 Å². The fourth-order valence-electron chi connectivity index (χ4n) is 2.59. The number of unbranched alkanes of at least 4 members (excludes halogenated alkanes) is 5. The van der Waals surface area contributed by atoms with Crippen molar-refractivity contribution >= 4 is 12.1 Å². The van der Waals surface area contributed by atoms with Gasteiger partial charge in [0.1, 0.15) is 0 Å². The second-order valence-corrected chi connectivity index (χ2v) is 6.90. The number of ether oxygens (including phenoxy) is 2. The molecule has 0 spiro atoms. The predicted octanol–water partition coefficient (Wildman–Crippen LogP) is 5.22. The van der Waals surface area contributed by atoms with Gasteiger partial charge >= 0.3 is 12.1 Å². The molecule has 0 aromatic heterocycles. The molecule has 0 rings (SSSR count). The molecule has 0 saturated heterocycles. The minimum absolute atomic E-state index is 0.178. The molecule has 0 aliphatic heterocycles. The van der Waals surface area contributed by atoms with Crippen LogP contribution < -0.4 is 5.32 Å². The first-order chi connectivity index (χ1) is 12.0. The molecule has 0 saturated carbocycles. The Kier molecular flexibility index (Phi) is 15.4. The normalized spacial score (nSPS) is 13.1. The Morgan fingerprint density at radius 2 is 1.60 bits per heavy atom. The monoisotopic (exact) mass is 357 g/mol. The third-order valence-electron chi connectivity index (χ3n) is 4.34. The molecule has 25 heavy (non-hydrogen) atoms. The molecule has 2 unspecified atom stereocenters. The van der Waals surface area contributed by atoms with Crippen LogP contribution in [0.25, 0.3) is 0 Å². The molecular formula is C20H39NO4. The molecular weight excluding hydrogens is 318 g/mol. The van der Waals surface area contributed by atoms with Crippen molar-refractivity contribution in [2.45, 2.75) is 97.9 Å². The summed E-state index contributed by atoms with van der Waals surface area (Å²) < 4.78 is 10.5. The molecule has 5 heteroatoms. The molecule has 0 fully saturated rings. The summed E-state index contributed by atoms with van der Waals surface area (Å²) >= 11 is 0. The molecule has 0 aromatic rings. The lowest BCUT2D eigenvalue weighted by Crippen LogP contribution is -2.35. The summed E-state index contributed by atoms with van der Waals surface area (Å²) in [6, 6.07) is -0.282. The van der Waals surface area contributed by atoms with E-state index in [1.165, 1.54) is 19.3 Å². The first-order valence-corrected chi connectivity index (χ1v) is 10.1. The zero-order valence-electron chi connectivity index (χ0n) is 16.8. The van der Waals surface area contributed by atoms with Crippen LogP contribution in [-0.4, -0.2) is 31.3 Å². The van der Waals surface area contributed by atoms with Crippen LogP contribution in [-0.2, 0) is 14.3 Å². The van der Waals surface area contributed by atoms with Crippen LogP contribution >= 0.6 is 0 Å². The zero-order chi connectivity index (χ0) is 18.9. The minimum atomic E-state index is -0.449. The predicted molar refractivity (Wildman–Crippen MR) is 102 cm³/mol. The van der Waals surface area contributed by atoms with E-state index in [0.29, 0.717) is 19.1 Å². The number of hydrogen-bond acceptors (Lipinski definition) is 4. The molecule has 2 atom stereocenters. The van der Waals surface area contributed by atoms with Crippen molar-refractivity contribution in [1.29, 1.82) is 0 Å². The Bertz CT molecular complexity index is 347. The Balaban J connectivity index is 3.79. The van der Waals surface area contributed by atoms with Crippen molar-refractivity contribution in [3.05, 3.63) is 0 Å². The summed E-state index contributed by atoms with van der Waals surface area (Å²) in [5.41, 5.74) is 0. The molecule has 1 N–H and O–H groups in total. The topological polar surface area (TPSA) is 64.6 Å². The second kappa shape index (κ2) is 16.2. The summed E-state index contributed by atoms with van der Waals surface area (Å²) in [5, 5.41) is 2.70. The van der Waals surface area contributed by atoms with Crippen LogP contribution in [0.2, 0.25) is 0 Å². The van der Waals surface area contributed by atoms with Crippen molar-refractivity contribution < 1.29 is 19.1 Å². The van der Waals surface area contributed by atoms with Gasteiger partial charge in [-0.25, -0.2) is 4.79 Å². The standard InChI is InChI=1S/C20H39NO4/c1-5-8-10-11-12-14-24-19(22)15-17(4)21-20(23)25-16-18(7-3)13-9-6-2/h17-18H,5-16H2,1-4H3,(H,21,23). The number of carbonyl (C=O) groups is 2. The van der Waals surface area contributed by atoms with Crippen LogP contribution in [0.5, 0.6) is 0 Å². The average Bonchev–Trinajstić information content (AvgIpc) is 2.58. The van der Waals surface area contributed by atoms with Crippen LogP contribution in [0.4, 0.5) is 4.79 Å². The van der Waals surface area contributed by atoms with Gasteiger partial charge in [0, 0.05) is 6.04 Å². The number of nitrogens with one attached hydrogen (secondary N) is 1. The van der Waals surface area contributed by atoms with E-state index in [-0.39, 0.29) is 18.4 Å². The average molecular weight is 358 g/mol. The van der Waals surface area contributed by atoms with Crippen LogP contribution in [0.3, 0.4) is 0 Å². The number of hydrogen-bond donors (Lipinski definition) is 1. The van der Waals surface area contributed by atoms with E-state index >= 15 is 0 Å². The molecule has 0 radical (unpaired) electrons. The fourth-order valence-corrected chi connectivity index (χ4v) is 2.59. The molecule has 5 nitrogen and oxygen atoms in total. The van der Waals surface area contributed by atoms with E-state index in [1.807, 2.05) is 0 Å². The highest BCUT2D eigenvalue weighted by molar-refractivity contribution is 5.72. The summed E-state index contributed by atoms with van der Waals surface area (Å²) in [6.07, 6.45) is 9.76. The van der Waals surface area contributed by atoms with E-state index in [0.717, 1.165) is 38.5 Å². The second-order valence-electron chi connectivity index (χ2n) is 6.90. The first kappa shape index (κ1) is 23.7. The highest BCUT2D eigenvalue weighted by Gasteiger charge is 2.15. The van der Waals surface area contributed by atoms with Crippen molar-refractivity contribution in [3.63, 3.8) is 0 Å². The van der Waals surface area contributed by atoms with E-state index in [1.54, 1.807) is 6.92 Å². The number of amides is 1. The maximum absolute atomic E-state index is 11.8. The van der Waals surface area contributed by atoms with Gasteiger partial charge < -0.3 is 14.8 Å². The smallest absolute Gasteiger partial charge is 0.407 e. The van der Waals surface area contributed by atoms with E-state index in [9.17, 15) is 9.59 Å². The van der Waals surface area contributed by atoms with Gasteiger partial charge in [-0.1, -0.05) is 65.7 Å². The summed E-state index contributed by atoms with van der Waals surface area (Å²) in [4.78, 5) is 23.5. The zero-order valence-corrected chi connectivity index (χ0v) is 16.8. The van der Waals surface area contributed by atoms with Gasteiger partial charge in [-0.15, -0.1) is 0 Å². The number of rotatable bonds is 15. The molecule has 0 aliphatic carbocycles. The third kappa shape index (κ3) is 14.8. The quantitative estimate of drug-likeness (QED) is 0.322. The minimum Gasteiger partial charge on any atom is -0.466 e. The molecule has 148 valence electrons. The highest BCUT2D eigenvalue weighted by atomic mass is 16.5. The lowest BCUT2D eigenvalue weighted by atomic mass is 10.0. The van der Waals surface area contributed by atoms with Gasteiger partial charge in [0.25, 0.3) is 0 Å². The number of alkyl carbamates (subject to hydrolysis) is 1. The Hall–Kier alpha value is -1.26. The van der Waals surface area contributed by atoms with Crippen molar-refractivity contribution in [2.24, 2.45) is 5.92 Å². The van der Waals surface area contributed by atoms with Crippen LogP contribution in [0.15, 0.2) is 0 Å². The summed E-state index contributed by atoms with van der Waals surface area (Å²) in [5.74, 6) is 0.149. The van der Waals surface area contributed by atoms with Crippen molar-refractivity contribution in [1.82, 2.24) is 5.32 Å². The molecule has 1 amide bonds. The van der Waals surface area contributed by atoms with Crippen LogP contribution in [0, 0.1) is 5.92 Å². The lowest BCUT2D eigenvalue weighted by molar-refractivity contribution is -0.144. The largest absolute Gasteiger partial charge is 0.466 e. The molecule has 0 heterocycles. The Morgan fingerprint density at radius 3 is 2.24 bits per heavy atom. The number of carbonyl (C=O) groups excluding carboxylic acids is 2. The van der Waals surface area contributed by atoms with Gasteiger partial charge in [-0.05, 0) is 25.7 Å². The first-order valence-electron chi connectivity index (χ1n) is 10.1. The molecule has 0 aliphatic rings. The summed E-state index contributed by atoms with van der Waals surface area (Å²) in [7, 11) is 0. The summed E-state index contributed by atoms with van der Waals surface area (Å²) in [6.45, 7) is 9.15. The Morgan fingerprint density at radius 1 is 0.920 bits per heavy atom. The van der Waals surface area contributed by atoms with Gasteiger partial charge in [0.05, 0.1) is 19.6 Å². The maximum atomic E-state index is 11.8.